The fourth-order valence-electron chi connectivity index (χ4n) is 1.65. The number of anilines is 1. The molecule has 9 heteroatoms. The van der Waals surface area contributed by atoms with E-state index < -0.39 is 17.7 Å². The zero-order chi connectivity index (χ0) is 18.2. The molecule has 0 fully saturated rings. The second-order valence-electron chi connectivity index (χ2n) is 5.94. The molecule has 0 saturated heterocycles. The van der Waals surface area contributed by atoms with Gasteiger partial charge in [0.15, 0.2) is 5.82 Å². The smallest absolute Gasteiger partial charge is 0.407 e. The third-order valence-electron chi connectivity index (χ3n) is 2.56. The summed E-state index contributed by atoms with van der Waals surface area (Å²) in [4.78, 5) is 41.2. The van der Waals surface area contributed by atoms with Gasteiger partial charge in [0, 0.05) is 19.2 Å². The number of carbonyl (C=O) groups excluding carboxylic acids is 3. The molecule has 0 aliphatic rings. The number of ether oxygens (including phenoxy) is 2. The molecule has 0 spiro atoms. The Morgan fingerprint density at radius 1 is 1.29 bits per heavy atom. The van der Waals surface area contributed by atoms with Crippen LogP contribution in [-0.4, -0.2) is 46.7 Å². The van der Waals surface area contributed by atoms with Crippen LogP contribution in [-0.2, 0) is 14.3 Å². The lowest BCUT2D eigenvalue weighted by Crippen LogP contribution is -2.33. The molecule has 1 aromatic heterocycles. The average Bonchev–Trinajstić information content (AvgIpc) is 2.90. The Bertz CT molecular complexity index is 577. The van der Waals surface area contributed by atoms with Crippen molar-refractivity contribution in [3.8, 4) is 0 Å². The van der Waals surface area contributed by atoms with Gasteiger partial charge in [-0.05, 0) is 34.1 Å². The van der Waals surface area contributed by atoms with Crippen molar-refractivity contribution in [1.82, 2.24) is 15.3 Å². The van der Waals surface area contributed by atoms with Gasteiger partial charge < -0.3 is 25.1 Å². The van der Waals surface area contributed by atoms with Gasteiger partial charge in [-0.25, -0.2) is 14.6 Å². The number of imidazole rings is 1. The van der Waals surface area contributed by atoms with E-state index in [4.69, 9.17) is 9.47 Å². The first kappa shape index (κ1) is 19.5. The van der Waals surface area contributed by atoms with Crippen LogP contribution in [0.25, 0.3) is 0 Å². The van der Waals surface area contributed by atoms with Crippen molar-refractivity contribution < 1.29 is 23.9 Å². The van der Waals surface area contributed by atoms with Crippen molar-refractivity contribution in [3.63, 3.8) is 0 Å². The summed E-state index contributed by atoms with van der Waals surface area (Å²) in [6.45, 7) is 7.56. The van der Waals surface area contributed by atoms with Crippen LogP contribution in [0.2, 0.25) is 0 Å². The largest absolute Gasteiger partial charge is 0.460 e. The monoisotopic (exact) mass is 340 g/mol. The molecule has 3 N–H and O–H groups in total. The molecule has 0 aliphatic carbocycles. The Morgan fingerprint density at radius 3 is 2.62 bits per heavy atom. The lowest BCUT2D eigenvalue weighted by atomic mass is 10.2. The Balaban J connectivity index is 2.27. The van der Waals surface area contributed by atoms with Crippen molar-refractivity contribution in [2.75, 3.05) is 18.5 Å². The predicted octanol–water partition coefficient (Wildman–Crippen LogP) is 1.83. The van der Waals surface area contributed by atoms with E-state index in [2.05, 4.69) is 20.6 Å². The molecule has 134 valence electrons. The number of nitrogens with zero attached hydrogens (tertiary/aromatic N) is 1. The van der Waals surface area contributed by atoms with Crippen molar-refractivity contribution >= 4 is 23.8 Å². The van der Waals surface area contributed by atoms with Gasteiger partial charge in [0.25, 0.3) is 0 Å². The number of esters is 1. The number of nitrogens with one attached hydrogen (secondary N) is 3. The lowest BCUT2D eigenvalue weighted by molar-refractivity contribution is -0.116. The maximum Gasteiger partial charge on any atom is 0.407 e. The highest BCUT2D eigenvalue weighted by atomic mass is 16.6. The Hall–Kier alpha value is -2.58. The van der Waals surface area contributed by atoms with E-state index in [0.29, 0.717) is 13.0 Å². The van der Waals surface area contributed by atoms with Gasteiger partial charge in [0.05, 0.1) is 6.61 Å². The molecule has 0 bridgehead atoms. The third-order valence-corrected chi connectivity index (χ3v) is 2.56. The topological polar surface area (TPSA) is 122 Å². The van der Waals surface area contributed by atoms with Gasteiger partial charge in [0.2, 0.25) is 11.7 Å². The van der Waals surface area contributed by atoms with Crippen LogP contribution in [0.5, 0.6) is 0 Å². The van der Waals surface area contributed by atoms with Crippen LogP contribution >= 0.6 is 0 Å². The van der Waals surface area contributed by atoms with Crippen LogP contribution in [0.1, 0.15) is 51.2 Å². The zero-order valence-corrected chi connectivity index (χ0v) is 14.4. The van der Waals surface area contributed by atoms with Crippen molar-refractivity contribution in [2.24, 2.45) is 0 Å². The molecule has 0 aliphatic heterocycles. The van der Waals surface area contributed by atoms with E-state index in [9.17, 15) is 14.4 Å². The number of amides is 2. The lowest BCUT2D eigenvalue weighted by Gasteiger charge is -2.19. The number of H-pyrrole nitrogens is 1. The van der Waals surface area contributed by atoms with Gasteiger partial charge in [-0.1, -0.05) is 0 Å². The number of alkyl carbamates (subject to hydrolysis) is 1. The second kappa shape index (κ2) is 8.90. The number of aromatic amines is 1. The van der Waals surface area contributed by atoms with E-state index >= 15 is 0 Å². The summed E-state index contributed by atoms with van der Waals surface area (Å²) in [5.74, 6) is -0.593. The van der Waals surface area contributed by atoms with E-state index in [1.165, 1.54) is 6.20 Å². The molecular weight excluding hydrogens is 316 g/mol. The summed E-state index contributed by atoms with van der Waals surface area (Å²) in [7, 11) is 0. The second-order valence-corrected chi connectivity index (χ2v) is 5.94. The maximum atomic E-state index is 11.8. The predicted molar refractivity (Wildman–Crippen MR) is 86.6 cm³/mol. The van der Waals surface area contributed by atoms with Crippen molar-refractivity contribution in [2.45, 2.75) is 46.1 Å². The first-order valence-electron chi connectivity index (χ1n) is 7.70. The van der Waals surface area contributed by atoms with Crippen LogP contribution in [0, 0.1) is 0 Å². The molecule has 0 saturated carbocycles. The highest BCUT2D eigenvalue weighted by molar-refractivity contribution is 5.91. The van der Waals surface area contributed by atoms with Crippen LogP contribution < -0.4 is 10.6 Å². The van der Waals surface area contributed by atoms with Crippen molar-refractivity contribution in [1.29, 1.82) is 0 Å². The van der Waals surface area contributed by atoms with Gasteiger partial charge in [0.1, 0.15) is 5.60 Å². The maximum absolute atomic E-state index is 11.8. The first-order chi connectivity index (χ1) is 11.2. The minimum Gasteiger partial charge on any atom is -0.460 e. The quantitative estimate of drug-likeness (QED) is 0.514. The highest BCUT2D eigenvalue weighted by Gasteiger charge is 2.16. The Labute approximate surface area is 140 Å². The minimum atomic E-state index is -0.584. The summed E-state index contributed by atoms with van der Waals surface area (Å²) in [5.41, 5.74) is -0.557. The zero-order valence-electron chi connectivity index (χ0n) is 14.4. The summed E-state index contributed by atoms with van der Waals surface area (Å²) in [5, 5.41) is 5.12. The Kier molecular flexibility index (Phi) is 7.22. The fourth-order valence-corrected chi connectivity index (χ4v) is 1.65. The van der Waals surface area contributed by atoms with Gasteiger partial charge >= 0.3 is 12.1 Å². The molecular formula is C15H24N4O5. The normalized spacial score (nSPS) is 10.8. The molecule has 1 heterocycles. The van der Waals surface area contributed by atoms with E-state index in [-0.39, 0.29) is 30.6 Å². The molecule has 0 aromatic carbocycles. The number of aromatic nitrogens is 2. The standard InChI is InChI=1S/C15H24N4O5/c1-5-23-13(21)12-17-9-10(19-12)18-11(20)7-6-8-16-14(22)24-15(2,3)4/h9H,5-8H2,1-4H3,(H,16,22)(H,17,19)(H,18,20). The minimum absolute atomic E-state index is 0.0266. The van der Waals surface area contributed by atoms with Gasteiger partial charge in [-0.3, -0.25) is 4.79 Å². The molecule has 0 radical (unpaired) electrons. The number of rotatable bonds is 7. The molecule has 2 amide bonds. The number of hydrogen-bond donors (Lipinski definition) is 3. The van der Waals surface area contributed by atoms with Gasteiger partial charge in [-0.15, -0.1) is 0 Å². The number of hydrogen-bond acceptors (Lipinski definition) is 6. The third kappa shape index (κ3) is 7.61. The van der Waals surface area contributed by atoms with Crippen molar-refractivity contribution in [3.05, 3.63) is 12.0 Å². The highest BCUT2D eigenvalue weighted by Crippen LogP contribution is 2.07. The van der Waals surface area contributed by atoms with Crippen LogP contribution in [0.15, 0.2) is 6.20 Å². The van der Waals surface area contributed by atoms with Crippen LogP contribution in [0.4, 0.5) is 10.6 Å². The average molecular weight is 340 g/mol. The van der Waals surface area contributed by atoms with E-state index in [0.717, 1.165) is 0 Å². The summed E-state index contributed by atoms with van der Waals surface area (Å²) < 4.78 is 9.86. The van der Waals surface area contributed by atoms with Crippen LogP contribution in [0.3, 0.4) is 0 Å². The molecule has 1 aromatic rings. The van der Waals surface area contributed by atoms with E-state index in [1.807, 2.05) is 0 Å². The summed E-state index contributed by atoms with van der Waals surface area (Å²) >= 11 is 0. The summed E-state index contributed by atoms with van der Waals surface area (Å²) in [6.07, 6.45) is 1.52. The molecule has 0 atom stereocenters. The molecule has 9 nitrogen and oxygen atoms in total. The van der Waals surface area contributed by atoms with E-state index in [1.54, 1.807) is 27.7 Å². The number of carbonyl (C=O) groups is 3. The first-order valence-corrected chi connectivity index (χ1v) is 7.70. The molecule has 1 rings (SSSR count). The summed E-state index contributed by atoms with van der Waals surface area (Å²) in [6, 6.07) is 0. The van der Waals surface area contributed by atoms with Gasteiger partial charge in [-0.2, -0.15) is 0 Å². The molecule has 24 heavy (non-hydrogen) atoms. The SMILES string of the molecule is CCOC(=O)c1nc(NC(=O)CCCNC(=O)OC(C)(C)C)c[nH]1. The Morgan fingerprint density at radius 2 is 2.00 bits per heavy atom. The fraction of sp³-hybridized carbons (Fsp3) is 0.600. The molecule has 0 unspecified atom stereocenters.